The zero-order chi connectivity index (χ0) is 17.9. The molecule has 0 aromatic carbocycles. The smallest absolute Gasteiger partial charge is 0.226 e. The largest absolute Gasteiger partial charge is 0.342 e. The summed E-state index contributed by atoms with van der Waals surface area (Å²) in [6.45, 7) is 5.68. The Balaban J connectivity index is 1.31. The summed E-state index contributed by atoms with van der Waals surface area (Å²) in [5.41, 5.74) is 0. The minimum absolute atomic E-state index is 0.181. The number of carbonyl (C=O) groups is 1. The summed E-state index contributed by atoms with van der Waals surface area (Å²) < 4.78 is 13.0. The predicted octanol–water partition coefficient (Wildman–Crippen LogP) is 1.92. The number of amides is 1. The maximum Gasteiger partial charge on any atom is 0.226 e. The average molecular weight is 361 g/mol. The number of hydrogen-bond acceptors (Lipinski definition) is 5. The fraction of sp³-hybridized carbons (Fsp3) is 0.737. The number of likely N-dealkylation sites (tertiary alicyclic amines) is 2. The van der Waals surface area contributed by atoms with E-state index in [0.29, 0.717) is 17.9 Å². The molecule has 7 heteroatoms. The molecule has 0 aliphatic carbocycles. The van der Waals surface area contributed by atoms with Gasteiger partial charge in [0, 0.05) is 38.8 Å². The predicted molar refractivity (Wildman–Crippen MR) is 97.3 cm³/mol. The third kappa shape index (κ3) is 3.82. The van der Waals surface area contributed by atoms with Crippen molar-refractivity contribution >= 4 is 11.9 Å². The second kappa shape index (κ2) is 7.86. The number of halogens is 1. The van der Waals surface area contributed by atoms with Gasteiger partial charge in [0.15, 0.2) is 5.82 Å². The normalized spacial score (nSPS) is 25.7. The van der Waals surface area contributed by atoms with Crippen LogP contribution >= 0.6 is 0 Å². The first kappa shape index (κ1) is 17.6. The Morgan fingerprint density at radius 1 is 0.962 bits per heavy atom. The highest BCUT2D eigenvalue weighted by Gasteiger charge is 2.34. The van der Waals surface area contributed by atoms with Crippen molar-refractivity contribution in [2.24, 2.45) is 5.92 Å². The van der Waals surface area contributed by atoms with Crippen molar-refractivity contribution in [1.29, 1.82) is 0 Å². The first-order valence-corrected chi connectivity index (χ1v) is 9.96. The molecule has 0 N–H and O–H groups in total. The van der Waals surface area contributed by atoms with E-state index in [2.05, 4.69) is 24.7 Å². The molecule has 0 spiro atoms. The van der Waals surface area contributed by atoms with E-state index >= 15 is 0 Å². The molecule has 26 heavy (non-hydrogen) atoms. The minimum Gasteiger partial charge on any atom is -0.342 e. The van der Waals surface area contributed by atoms with Crippen LogP contribution in [-0.2, 0) is 4.79 Å². The Morgan fingerprint density at radius 2 is 1.65 bits per heavy atom. The van der Waals surface area contributed by atoms with Gasteiger partial charge in [-0.2, -0.15) is 0 Å². The van der Waals surface area contributed by atoms with Crippen molar-refractivity contribution in [3.05, 3.63) is 18.2 Å². The fourth-order valence-electron chi connectivity index (χ4n) is 4.64. The monoisotopic (exact) mass is 361 g/mol. The number of aromatic nitrogens is 2. The standard InChI is InChI=1S/C19H28FN5O/c20-16-12-21-19(22-13-16)24-10-5-17(6-11-24)25-9-3-4-15(14-25)18(26)23-7-1-2-8-23/h12-13,15,17H,1-11,14H2. The topological polar surface area (TPSA) is 52.6 Å². The summed E-state index contributed by atoms with van der Waals surface area (Å²) in [6, 6.07) is 0.529. The van der Waals surface area contributed by atoms with Gasteiger partial charge in [0.05, 0.1) is 18.3 Å². The first-order valence-electron chi connectivity index (χ1n) is 9.96. The van der Waals surface area contributed by atoms with Crippen LogP contribution in [0.5, 0.6) is 0 Å². The molecule has 3 aliphatic rings. The van der Waals surface area contributed by atoms with Crippen molar-refractivity contribution < 1.29 is 9.18 Å². The molecule has 1 aromatic heterocycles. The van der Waals surface area contributed by atoms with Gasteiger partial charge in [0.2, 0.25) is 11.9 Å². The van der Waals surface area contributed by atoms with Crippen molar-refractivity contribution in [2.45, 2.75) is 44.6 Å². The molecule has 1 amide bonds. The molecule has 0 saturated carbocycles. The third-order valence-corrected chi connectivity index (χ3v) is 6.09. The zero-order valence-corrected chi connectivity index (χ0v) is 15.3. The van der Waals surface area contributed by atoms with Gasteiger partial charge in [-0.25, -0.2) is 14.4 Å². The Labute approximate surface area is 154 Å². The van der Waals surface area contributed by atoms with E-state index in [1.807, 2.05) is 0 Å². The molecule has 3 fully saturated rings. The molecule has 1 atom stereocenters. The SMILES string of the molecule is O=C(C1CCCN(C2CCN(c3ncc(F)cn3)CC2)C1)N1CCCC1. The van der Waals surface area contributed by atoms with Gasteiger partial charge in [-0.3, -0.25) is 9.69 Å². The summed E-state index contributed by atoms with van der Waals surface area (Å²) in [4.78, 5) is 27.7. The van der Waals surface area contributed by atoms with E-state index in [4.69, 9.17) is 0 Å². The van der Waals surface area contributed by atoms with Crippen LogP contribution in [0.15, 0.2) is 12.4 Å². The van der Waals surface area contributed by atoms with E-state index in [1.54, 1.807) is 0 Å². The number of rotatable bonds is 3. The first-order chi connectivity index (χ1) is 12.7. The average Bonchev–Trinajstić information content (AvgIpc) is 3.23. The highest BCUT2D eigenvalue weighted by atomic mass is 19.1. The lowest BCUT2D eigenvalue weighted by atomic mass is 9.93. The molecular weight excluding hydrogens is 333 g/mol. The Morgan fingerprint density at radius 3 is 2.35 bits per heavy atom. The van der Waals surface area contributed by atoms with Gasteiger partial charge in [0.1, 0.15) is 0 Å². The Bertz CT molecular complexity index is 611. The summed E-state index contributed by atoms with van der Waals surface area (Å²) in [5.74, 6) is 0.779. The molecule has 0 bridgehead atoms. The molecule has 6 nitrogen and oxygen atoms in total. The highest BCUT2D eigenvalue weighted by Crippen LogP contribution is 2.27. The number of hydrogen-bond donors (Lipinski definition) is 0. The van der Waals surface area contributed by atoms with Gasteiger partial charge in [-0.1, -0.05) is 0 Å². The van der Waals surface area contributed by atoms with Crippen LogP contribution in [0.1, 0.15) is 38.5 Å². The van der Waals surface area contributed by atoms with Gasteiger partial charge in [0.25, 0.3) is 0 Å². The maximum atomic E-state index is 13.0. The van der Waals surface area contributed by atoms with Crippen molar-refractivity contribution in [1.82, 2.24) is 19.8 Å². The van der Waals surface area contributed by atoms with E-state index in [1.165, 1.54) is 12.4 Å². The van der Waals surface area contributed by atoms with Gasteiger partial charge >= 0.3 is 0 Å². The van der Waals surface area contributed by atoms with E-state index in [0.717, 1.165) is 77.8 Å². The van der Waals surface area contributed by atoms with Crippen LogP contribution in [0, 0.1) is 11.7 Å². The fourth-order valence-corrected chi connectivity index (χ4v) is 4.64. The molecule has 4 rings (SSSR count). The van der Waals surface area contributed by atoms with Gasteiger partial charge in [-0.05, 0) is 45.1 Å². The van der Waals surface area contributed by atoms with E-state index in [9.17, 15) is 9.18 Å². The second-order valence-electron chi connectivity index (χ2n) is 7.79. The Hall–Kier alpha value is -1.76. The molecular formula is C19H28FN5O. The molecule has 1 unspecified atom stereocenters. The van der Waals surface area contributed by atoms with Crippen molar-refractivity contribution in [3.63, 3.8) is 0 Å². The Kier molecular flexibility index (Phi) is 5.33. The molecule has 4 heterocycles. The van der Waals surface area contributed by atoms with Crippen molar-refractivity contribution in [2.75, 3.05) is 44.2 Å². The van der Waals surface area contributed by atoms with Gasteiger partial charge < -0.3 is 9.80 Å². The van der Waals surface area contributed by atoms with E-state index < -0.39 is 5.82 Å². The number of anilines is 1. The maximum absolute atomic E-state index is 13.0. The van der Waals surface area contributed by atoms with E-state index in [-0.39, 0.29) is 5.92 Å². The third-order valence-electron chi connectivity index (χ3n) is 6.09. The summed E-state index contributed by atoms with van der Waals surface area (Å²) in [5, 5.41) is 0. The molecule has 3 aliphatic heterocycles. The van der Waals surface area contributed by atoms with Crippen LogP contribution in [0.4, 0.5) is 10.3 Å². The lowest BCUT2D eigenvalue weighted by Crippen LogP contribution is -2.51. The lowest BCUT2D eigenvalue weighted by Gasteiger charge is -2.42. The second-order valence-corrected chi connectivity index (χ2v) is 7.79. The highest BCUT2D eigenvalue weighted by molar-refractivity contribution is 5.79. The van der Waals surface area contributed by atoms with Crippen LogP contribution in [-0.4, -0.2) is 71.0 Å². The van der Waals surface area contributed by atoms with Crippen molar-refractivity contribution in [3.8, 4) is 0 Å². The number of nitrogens with zero attached hydrogens (tertiary/aromatic N) is 5. The lowest BCUT2D eigenvalue weighted by molar-refractivity contribution is -0.136. The summed E-state index contributed by atoms with van der Waals surface area (Å²) in [7, 11) is 0. The zero-order valence-electron chi connectivity index (χ0n) is 15.3. The molecule has 1 aromatic rings. The minimum atomic E-state index is -0.398. The number of carbonyl (C=O) groups excluding carboxylic acids is 1. The van der Waals surface area contributed by atoms with Crippen LogP contribution < -0.4 is 4.90 Å². The molecule has 0 radical (unpaired) electrons. The molecule has 3 saturated heterocycles. The van der Waals surface area contributed by atoms with Crippen LogP contribution in [0.25, 0.3) is 0 Å². The van der Waals surface area contributed by atoms with Crippen LogP contribution in [0.3, 0.4) is 0 Å². The number of piperidine rings is 2. The summed E-state index contributed by atoms with van der Waals surface area (Å²) in [6.07, 6.45) is 9.02. The van der Waals surface area contributed by atoms with Gasteiger partial charge in [-0.15, -0.1) is 0 Å². The quantitative estimate of drug-likeness (QED) is 0.823. The summed E-state index contributed by atoms with van der Waals surface area (Å²) >= 11 is 0. The molecule has 142 valence electrons. The van der Waals surface area contributed by atoms with Crippen LogP contribution in [0.2, 0.25) is 0 Å².